The Morgan fingerprint density at radius 3 is 2.50 bits per heavy atom. The molecule has 1 aromatic rings. The van der Waals surface area contributed by atoms with Crippen molar-refractivity contribution in [1.82, 2.24) is 15.3 Å². The fraction of sp³-hybridized carbons (Fsp3) is 0.783. The van der Waals surface area contributed by atoms with E-state index in [1.807, 2.05) is 0 Å². The Kier molecular flexibility index (Phi) is 4.82. The van der Waals surface area contributed by atoms with Gasteiger partial charge in [-0.15, -0.1) is 0 Å². The first kappa shape index (κ1) is 20.2. The van der Waals surface area contributed by atoms with Gasteiger partial charge in [-0.3, -0.25) is 4.79 Å². The van der Waals surface area contributed by atoms with Crippen LogP contribution in [-0.2, 0) is 0 Å². The van der Waals surface area contributed by atoms with Crippen LogP contribution in [0.1, 0.15) is 87.2 Å². The third kappa shape index (κ3) is 3.82. The van der Waals surface area contributed by atoms with Crippen LogP contribution in [0, 0.1) is 17.8 Å². The zero-order valence-corrected chi connectivity index (χ0v) is 18.0. The Morgan fingerprint density at radius 1 is 1.23 bits per heavy atom. The van der Waals surface area contributed by atoms with E-state index in [1.165, 1.54) is 0 Å². The minimum Gasteiger partial charge on any atom is -0.390 e. The Bertz CT molecular complexity index is 816. The number of hydrogen-bond donors (Lipinski definition) is 4. The summed E-state index contributed by atoms with van der Waals surface area (Å²) < 4.78 is 0. The molecule has 1 amide bonds. The highest BCUT2D eigenvalue weighted by Crippen LogP contribution is 2.55. The second kappa shape index (κ2) is 7.16. The molecule has 164 valence electrons. The van der Waals surface area contributed by atoms with Gasteiger partial charge >= 0.3 is 0 Å². The molecule has 7 heteroatoms. The normalized spacial score (nSPS) is 35.2. The van der Waals surface area contributed by atoms with Gasteiger partial charge in [0, 0.05) is 24.7 Å². The van der Waals surface area contributed by atoms with Gasteiger partial charge in [0.25, 0.3) is 5.91 Å². The lowest BCUT2D eigenvalue weighted by Gasteiger charge is -2.58. The van der Waals surface area contributed by atoms with Crippen LogP contribution in [0.4, 0.5) is 5.95 Å². The molecular weight excluding hydrogens is 380 g/mol. The largest absolute Gasteiger partial charge is 0.390 e. The third-order valence-corrected chi connectivity index (χ3v) is 7.77. The molecule has 0 radical (unpaired) electrons. The Balaban J connectivity index is 1.34. The van der Waals surface area contributed by atoms with E-state index in [1.54, 1.807) is 20.0 Å². The van der Waals surface area contributed by atoms with Crippen LogP contribution in [0.25, 0.3) is 0 Å². The third-order valence-electron chi connectivity index (χ3n) is 7.77. The lowest BCUT2D eigenvalue weighted by atomic mass is 9.52. The van der Waals surface area contributed by atoms with Crippen LogP contribution in [-0.4, -0.2) is 49.9 Å². The van der Waals surface area contributed by atoms with Gasteiger partial charge in [0.15, 0.2) is 0 Å². The van der Waals surface area contributed by atoms with Crippen molar-refractivity contribution in [1.29, 1.82) is 0 Å². The predicted octanol–water partition coefficient (Wildman–Crippen LogP) is 2.60. The number of carbonyl (C=O) groups excluding carboxylic acids is 1. The maximum Gasteiger partial charge on any atom is 0.254 e. The molecule has 5 aliphatic rings. The van der Waals surface area contributed by atoms with Crippen LogP contribution in [0.2, 0.25) is 0 Å². The topological polar surface area (TPSA) is 107 Å². The van der Waals surface area contributed by atoms with E-state index in [0.29, 0.717) is 41.7 Å². The molecule has 0 aromatic carbocycles. The first-order valence-electron chi connectivity index (χ1n) is 11.6. The fourth-order valence-electron chi connectivity index (χ4n) is 6.39. The van der Waals surface area contributed by atoms with Crippen LogP contribution >= 0.6 is 0 Å². The number of carbonyl (C=O) groups is 1. The number of aliphatic hydroxyl groups is 2. The van der Waals surface area contributed by atoms with Crippen LogP contribution < -0.4 is 10.6 Å². The van der Waals surface area contributed by atoms with E-state index in [2.05, 4.69) is 20.6 Å². The van der Waals surface area contributed by atoms with Crippen molar-refractivity contribution in [3.8, 4) is 0 Å². The average molecular weight is 415 g/mol. The molecule has 0 aliphatic heterocycles. The van der Waals surface area contributed by atoms with Crippen molar-refractivity contribution in [3.63, 3.8) is 0 Å². The second-order valence-corrected chi connectivity index (χ2v) is 11.0. The summed E-state index contributed by atoms with van der Waals surface area (Å²) >= 11 is 0. The summed E-state index contributed by atoms with van der Waals surface area (Å²) in [5.41, 5.74) is 0.0566. The highest BCUT2D eigenvalue weighted by molar-refractivity contribution is 5.95. The number of rotatable bonds is 6. The molecule has 6 rings (SSSR count). The molecule has 5 atom stereocenters. The lowest BCUT2D eigenvalue weighted by Crippen LogP contribution is -2.61. The predicted molar refractivity (Wildman–Crippen MR) is 113 cm³/mol. The van der Waals surface area contributed by atoms with Crippen LogP contribution in [0.5, 0.6) is 0 Å². The van der Waals surface area contributed by atoms with Gasteiger partial charge in [-0.1, -0.05) is 6.42 Å². The van der Waals surface area contributed by atoms with Crippen molar-refractivity contribution in [2.45, 2.75) is 88.4 Å². The van der Waals surface area contributed by atoms with Crippen molar-refractivity contribution in [2.75, 3.05) is 11.9 Å². The highest BCUT2D eigenvalue weighted by Gasteiger charge is 2.55. The van der Waals surface area contributed by atoms with Gasteiger partial charge in [-0.25, -0.2) is 9.97 Å². The smallest absolute Gasteiger partial charge is 0.254 e. The minimum absolute atomic E-state index is 0.0737. The first-order valence-corrected chi connectivity index (χ1v) is 11.6. The summed E-state index contributed by atoms with van der Waals surface area (Å²) in [5.74, 6) is 2.08. The van der Waals surface area contributed by atoms with Gasteiger partial charge in [-0.2, -0.15) is 0 Å². The van der Waals surface area contributed by atoms with Gasteiger partial charge in [0.1, 0.15) is 0 Å². The van der Waals surface area contributed by atoms with Gasteiger partial charge in [-0.05, 0) is 76.5 Å². The molecule has 3 unspecified atom stereocenters. The van der Waals surface area contributed by atoms with E-state index >= 15 is 0 Å². The Morgan fingerprint density at radius 2 is 1.93 bits per heavy atom. The SMILES string of the molecule is CC(C)(O)CNc1ncc(C(=O)NC2[C@@H]3CC4C[C@H]2CC(O)(C4)C3)c(C2CCC2)n1. The molecule has 5 fully saturated rings. The highest BCUT2D eigenvalue weighted by atomic mass is 16.3. The lowest BCUT2D eigenvalue weighted by molar-refractivity contribution is -0.136. The zero-order chi connectivity index (χ0) is 21.1. The molecule has 30 heavy (non-hydrogen) atoms. The number of amides is 1. The molecule has 0 spiro atoms. The van der Waals surface area contributed by atoms with Crippen molar-refractivity contribution in [2.24, 2.45) is 17.8 Å². The summed E-state index contributed by atoms with van der Waals surface area (Å²) in [5, 5.41) is 27.2. The minimum atomic E-state index is -0.862. The summed E-state index contributed by atoms with van der Waals surface area (Å²) in [6.45, 7) is 3.81. The van der Waals surface area contributed by atoms with Gasteiger partial charge in [0.2, 0.25) is 5.95 Å². The Hall–Kier alpha value is -1.73. The summed E-state index contributed by atoms with van der Waals surface area (Å²) in [4.78, 5) is 22.3. The number of aromatic nitrogens is 2. The van der Waals surface area contributed by atoms with E-state index < -0.39 is 11.2 Å². The fourth-order valence-corrected chi connectivity index (χ4v) is 6.39. The molecular formula is C23H34N4O3. The summed E-state index contributed by atoms with van der Waals surface area (Å²) in [6.07, 6.45) is 9.72. The molecule has 4 bridgehead atoms. The van der Waals surface area contributed by atoms with Crippen molar-refractivity contribution in [3.05, 3.63) is 17.5 Å². The molecule has 5 saturated carbocycles. The molecule has 5 aliphatic carbocycles. The number of hydrogen-bond acceptors (Lipinski definition) is 6. The number of nitrogens with zero attached hydrogens (tertiary/aromatic N) is 2. The number of anilines is 1. The molecule has 7 nitrogen and oxygen atoms in total. The molecule has 1 heterocycles. The van der Waals surface area contributed by atoms with E-state index in [9.17, 15) is 15.0 Å². The van der Waals surface area contributed by atoms with Gasteiger partial charge in [0.05, 0.1) is 22.5 Å². The standard InChI is InChI=1S/C23H34N4O3/c1-22(2,29)12-25-21-24-11-17(19(27-21)14-4-3-5-14)20(28)26-18-15-6-13-7-16(18)10-23(30,8-13)9-15/h11,13-16,18,29-30H,3-10,12H2,1-2H3,(H,26,28)(H,24,25,27)/t13?,15-,16+,18?,23?. The van der Waals surface area contributed by atoms with E-state index in [-0.39, 0.29) is 11.9 Å². The summed E-state index contributed by atoms with van der Waals surface area (Å²) in [6, 6.07) is 0.150. The Labute approximate surface area is 178 Å². The zero-order valence-electron chi connectivity index (χ0n) is 18.0. The number of nitrogens with one attached hydrogen (secondary N) is 2. The molecule has 4 N–H and O–H groups in total. The van der Waals surface area contributed by atoms with Crippen molar-refractivity contribution < 1.29 is 15.0 Å². The monoisotopic (exact) mass is 414 g/mol. The molecule has 0 saturated heterocycles. The van der Waals surface area contributed by atoms with Crippen LogP contribution in [0.3, 0.4) is 0 Å². The quantitative estimate of drug-likeness (QED) is 0.570. The second-order valence-electron chi connectivity index (χ2n) is 11.0. The van der Waals surface area contributed by atoms with Gasteiger partial charge < -0.3 is 20.8 Å². The van der Waals surface area contributed by atoms with E-state index in [4.69, 9.17) is 0 Å². The average Bonchev–Trinajstić information content (AvgIpc) is 2.59. The summed E-state index contributed by atoms with van der Waals surface area (Å²) in [7, 11) is 0. The first-order chi connectivity index (χ1) is 14.2. The van der Waals surface area contributed by atoms with E-state index in [0.717, 1.165) is 57.1 Å². The maximum absolute atomic E-state index is 13.3. The maximum atomic E-state index is 13.3. The van der Waals surface area contributed by atoms with Crippen LogP contribution in [0.15, 0.2) is 6.20 Å². The van der Waals surface area contributed by atoms with Crippen molar-refractivity contribution >= 4 is 11.9 Å². The molecule has 1 aromatic heterocycles.